The number of nitrogen functional groups attached to an aromatic ring is 1. The van der Waals surface area contributed by atoms with Crippen molar-refractivity contribution in [2.24, 2.45) is 0 Å². The van der Waals surface area contributed by atoms with Gasteiger partial charge in [-0.15, -0.1) is 0 Å². The highest BCUT2D eigenvalue weighted by atomic mass is 79.9. The van der Waals surface area contributed by atoms with Gasteiger partial charge in [0.15, 0.2) is 0 Å². The minimum atomic E-state index is -0.120. The number of furan rings is 1. The molecule has 0 fully saturated rings. The topological polar surface area (TPSA) is 59.5 Å². The van der Waals surface area contributed by atoms with Gasteiger partial charge in [-0.3, -0.25) is 4.79 Å². The van der Waals surface area contributed by atoms with Crippen LogP contribution in [0.1, 0.15) is 27.4 Å². The van der Waals surface area contributed by atoms with Crippen molar-refractivity contribution in [3.05, 3.63) is 45.3 Å². The number of benzene rings is 1. The fraction of sp³-hybridized carbons (Fsp3) is 0.267. The second-order valence-corrected chi connectivity index (χ2v) is 5.70. The van der Waals surface area contributed by atoms with E-state index in [0.29, 0.717) is 22.7 Å². The Hall–Kier alpha value is -1.75. The first kappa shape index (κ1) is 14.7. The van der Waals surface area contributed by atoms with Gasteiger partial charge in [-0.2, -0.15) is 0 Å². The van der Waals surface area contributed by atoms with Crippen molar-refractivity contribution in [1.29, 1.82) is 0 Å². The quantitative estimate of drug-likeness (QED) is 0.848. The third kappa shape index (κ3) is 2.45. The zero-order valence-corrected chi connectivity index (χ0v) is 13.5. The molecule has 20 heavy (non-hydrogen) atoms. The maximum atomic E-state index is 12.6. The maximum absolute atomic E-state index is 12.6. The maximum Gasteiger partial charge on any atom is 0.261 e. The van der Waals surface area contributed by atoms with Crippen LogP contribution in [-0.4, -0.2) is 13.0 Å². The van der Waals surface area contributed by atoms with E-state index in [1.807, 2.05) is 26.0 Å². The van der Waals surface area contributed by atoms with Crippen LogP contribution in [0.15, 0.2) is 27.1 Å². The van der Waals surface area contributed by atoms with Crippen molar-refractivity contribution in [2.75, 3.05) is 17.7 Å². The molecule has 1 aromatic heterocycles. The number of hydrogen-bond donors (Lipinski definition) is 1. The van der Waals surface area contributed by atoms with Crippen LogP contribution in [0.2, 0.25) is 0 Å². The molecular formula is C15H17BrN2O2. The summed E-state index contributed by atoms with van der Waals surface area (Å²) in [6.07, 6.45) is 0. The van der Waals surface area contributed by atoms with E-state index in [2.05, 4.69) is 15.9 Å². The summed E-state index contributed by atoms with van der Waals surface area (Å²) in [5, 5.41) is 0. The molecule has 0 radical (unpaired) electrons. The lowest BCUT2D eigenvalue weighted by Crippen LogP contribution is -2.27. The number of aryl methyl sites for hydroxylation is 2. The van der Waals surface area contributed by atoms with E-state index in [1.165, 1.54) is 0 Å². The minimum Gasteiger partial charge on any atom is -0.466 e. The standard InChI is InChI=1S/C15H17BrN2O2/c1-8-9(2)20-10(3)14(8)15(19)18(4)13-6-5-11(16)7-12(13)17/h5-7H,17H2,1-4H3. The average molecular weight is 337 g/mol. The van der Waals surface area contributed by atoms with Crippen LogP contribution in [0, 0.1) is 20.8 Å². The molecule has 0 aliphatic rings. The first-order valence-corrected chi connectivity index (χ1v) is 7.02. The predicted octanol–water partition coefficient (Wildman–Crippen LogP) is 3.83. The van der Waals surface area contributed by atoms with Crippen molar-refractivity contribution in [3.63, 3.8) is 0 Å². The summed E-state index contributed by atoms with van der Waals surface area (Å²) in [7, 11) is 1.71. The van der Waals surface area contributed by atoms with E-state index in [1.54, 1.807) is 24.9 Å². The third-order valence-corrected chi connectivity index (χ3v) is 3.92. The molecule has 0 unspecified atom stereocenters. The van der Waals surface area contributed by atoms with Crippen LogP contribution in [-0.2, 0) is 0 Å². The molecule has 2 rings (SSSR count). The van der Waals surface area contributed by atoms with Crippen molar-refractivity contribution in [1.82, 2.24) is 0 Å². The van der Waals surface area contributed by atoms with E-state index >= 15 is 0 Å². The third-order valence-electron chi connectivity index (χ3n) is 3.43. The fourth-order valence-electron chi connectivity index (χ4n) is 2.22. The Morgan fingerprint density at radius 2 is 1.90 bits per heavy atom. The van der Waals surface area contributed by atoms with Gasteiger partial charge in [-0.05, 0) is 39.0 Å². The molecule has 5 heteroatoms. The van der Waals surface area contributed by atoms with Crippen LogP contribution in [0.3, 0.4) is 0 Å². The summed E-state index contributed by atoms with van der Waals surface area (Å²) >= 11 is 3.36. The first-order valence-electron chi connectivity index (χ1n) is 6.22. The summed E-state index contributed by atoms with van der Waals surface area (Å²) in [5.74, 6) is 1.28. The van der Waals surface area contributed by atoms with Crippen molar-refractivity contribution < 1.29 is 9.21 Å². The highest BCUT2D eigenvalue weighted by Gasteiger charge is 2.23. The zero-order chi connectivity index (χ0) is 15.0. The van der Waals surface area contributed by atoms with Crippen molar-refractivity contribution in [3.8, 4) is 0 Å². The number of carbonyl (C=O) groups excluding carboxylic acids is 1. The molecule has 1 heterocycles. The SMILES string of the molecule is Cc1oc(C)c(C(=O)N(C)c2ccc(Br)cc2N)c1C. The summed E-state index contributed by atoms with van der Waals surface area (Å²) in [4.78, 5) is 14.2. The predicted molar refractivity (Wildman–Crippen MR) is 84.2 cm³/mol. The van der Waals surface area contributed by atoms with E-state index in [-0.39, 0.29) is 5.91 Å². The molecule has 0 spiro atoms. The molecule has 2 N–H and O–H groups in total. The van der Waals surface area contributed by atoms with Crippen LogP contribution in [0.25, 0.3) is 0 Å². The lowest BCUT2D eigenvalue weighted by molar-refractivity contribution is 0.0991. The first-order chi connectivity index (χ1) is 9.32. The Morgan fingerprint density at radius 1 is 1.25 bits per heavy atom. The number of rotatable bonds is 2. The Labute approximate surface area is 126 Å². The smallest absolute Gasteiger partial charge is 0.261 e. The average Bonchev–Trinajstić information content (AvgIpc) is 2.62. The molecule has 0 aliphatic carbocycles. The van der Waals surface area contributed by atoms with Gasteiger partial charge in [0.25, 0.3) is 5.91 Å². The Kier molecular flexibility index (Phi) is 3.90. The lowest BCUT2D eigenvalue weighted by atomic mass is 10.1. The van der Waals surface area contributed by atoms with Crippen LogP contribution in [0.4, 0.5) is 11.4 Å². The largest absolute Gasteiger partial charge is 0.466 e. The van der Waals surface area contributed by atoms with Crippen LogP contribution < -0.4 is 10.6 Å². The number of amides is 1. The Balaban J connectivity index is 2.42. The molecule has 0 saturated carbocycles. The van der Waals surface area contributed by atoms with Gasteiger partial charge < -0.3 is 15.1 Å². The Morgan fingerprint density at radius 3 is 2.40 bits per heavy atom. The van der Waals surface area contributed by atoms with Gasteiger partial charge in [-0.1, -0.05) is 15.9 Å². The summed E-state index contributed by atoms with van der Waals surface area (Å²) in [6, 6.07) is 5.45. The molecule has 2 aromatic rings. The van der Waals surface area contributed by atoms with Gasteiger partial charge >= 0.3 is 0 Å². The lowest BCUT2D eigenvalue weighted by Gasteiger charge is -2.19. The molecule has 4 nitrogen and oxygen atoms in total. The molecule has 0 bridgehead atoms. The van der Waals surface area contributed by atoms with Gasteiger partial charge in [0.1, 0.15) is 11.5 Å². The number of carbonyl (C=O) groups is 1. The van der Waals surface area contributed by atoms with E-state index in [4.69, 9.17) is 10.2 Å². The number of nitrogens with two attached hydrogens (primary N) is 1. The van der Waals surface area contributed by atoms with Gasteiger partial charge in [0.2, 0.25) is 0 Å². The molecule has 0 atom stereocenters. The van der Waals surface area contributed by atoms with Crippen molar-refractivity contribution in [2.45, 2.75) is 20.8 Å². The monoisotopic (exact) mass is 336 g/mol. The van der Waals surface area contributed by atoms with Crippen molar-refractivity contribution >= 4 is 33.2 Å². The summed E-state index contributed by atoms with van der Waals surface area (Å²) in [6.45, 7) is 5.54. The molecular weight excluding hydrogens is 320 g/mol. The van der Waals surface area contributed by atoms with E-state index in [0.717, 1.165) is 15.8 Å². The highest BCUT2D eigenvalue weighted by Crippen LogP contribution is 2.29. The highest BCUT2D eigenvalue weighted by molar-refractivity contribution is 9.10. The van der Waals surface area contributed by atoms with Gasteiger partial charge in [0, 0.05) is 17.1 Å². The molecule has 1 aromatic carbocycles. The van der Waals surface area contributed by atoms with Gasteiger partial charge in [0.05, 0.1) is 16.9 Å². The number of halogens is 1. The zero-order valence-electron chi connectivity index (χ0n) is 12.0. The Bertz CT molecular complexity index is 677. The minimum absolute atomic E-state index is 0.120. The number of hydrogen-bond acceptors (Lipinski definition) is 3. The van der Waals surface area contributed by atoms with E-state index < -0.39 is 0 Å². The van der Waals surface area contributed by atoms with E-state index in [9.17, 15) is 4.79 Å². The molecule has 106 valence electrons. The molecule has 1 amide bonds. The second kappa shape index (κ2) is 5.32. The number of anilines is 2. The van der Waals surface area contributed by atoms with Crippen LogP contribution in [0.5, 0.6) is 0 Å². The second-order valence-electron chi connectivity index (χ2n) is 4.78. The van der Waals surface area contributed by atoms with Crippen LogP contribution >= 0.6 is 15.9 Å². The van der Waals surface area contributed by atoms with Gasteiger partial charge in [-0.25, -0.2) is 0 Å². The number of nitrogens with zero attached hydrogens (tertiary/aromatic N) is 1. The summed E-state index contributed by atoms with van der Waals surface area (Å²) in [5.41, 5.74) is 8.67. The summed E-state index contributed by atoms with van der Waals surface area (Å²) < 4.78 is 6.40. The normalized spacial score (nSPS) is 10.7. The molecule has 0 aliphatic heterocycles. The molecule has 0 saturated heterocycles. The fourth-order valence-corrected chi connectivity index (χ4v) is 2.60.